The van der Waals surface area contributed by atoms with E-state index in [1.165, 1.54) is 44.2 Å². The lowest BCUT2D eigenvalue weighted by atomic mass is 9.50. The first-order valence-electron chi connectivity index (χ1n) is 8.22. The maximum absolute atomic E-state index is 13.8. The van der Waals surface area contributed by atoms with Crippen LogP contribution in [0.3, 0.4) is 0 Å². The summed E-state index contributed by atoms with van der Waals surface area (Å²) in [5, 5.41) is 10.7. The minimum Gasteiger partial charge on any atom is -0.392 e. The fraction of sp³-hybridized carbons (Fsp3) is 0.667. The second-order valence-electron chi connectivity index (χ2n) is 7.52. The van der Waals surface area contributed by atoms with Crippen molar-refractivity contribution in [2.45, 2.75) is 44.6 Å². The summed E-state index contributed by atoms with van der Waals surface area (Å²) in [6.07, 6.45) is 6.23. The third-order valence-corrected chi connectivity index (χ3v) is 6.19. The van der Waals surface area contributed by atoms with E-state index in [0.717, 1.165) is 17.9 Å². The number of rotatable bonds is 3. The van der Waals surface area contributed by atoms with Crippen molar-refractivity contribution in [3.8, 4) is 0 Å². The Morgan fingerprint density at radius 3 is 2.19 bits per heavy atom. The first-order chi connectivity index (χ1) is 10.1. The fourth-order valence-corrected chi connectivity index (χ4v) is 5.64. The lowest BCUT2D eigenvalue weighted by Crippen LogP contribution is -2.49. The summed E-state index contributed by atoms with van der Waals surface area (Å²) in [5.74, 6) is 2.23. The van der Waals surface area contributed by atoms with Crippen molar-refractivity contribution in [1.82, 2.24) is 0 Å². The number of halogens is 2. The molecular formula is C18H22F2O. The highest BCUT2D eigenvalue weighted by Gasteiger charge is 2.50. The molecule has 1 unspecified atom stereocenters. The molecule has 4 bridgehead atoms. The van der Waals surface area contributed by atoms with Crippen molar-refractivity contribution in [2.24, 2.45) is 29.6 Å². The Morgan fingerprint density at radius 1 is 1.00 bits per heavy atom. The van der Waals surface area contributed by atoms with Gasteiger partial charge < -0.3 is 5.11 Å². The molecule has 0 aliphatic heterocycles. The first kappa shape index (κ1) is 13.7. The van der Waals surface area contributed by atoms with Gasteiger partial charge in [-0.2, -0.15) is 0 Å². The highest BCUT2D eigenvalue weighted by molar-refractivity contribution is 5.20. The van der Waals surface area contributed by atoms with Crippen molar-refractivity contribution in [3.63, 3.8) is 0 Å². The topological polar surface area (TPSA) is 20.2 Å². The molecule has 4 aliphatic carbocycles. The highest BCUT2D eigenvalue weighted by Crippen LogP contribution is 2.57. The summed E-state index contributed by atoms with van der Waals surface area (Å²) < 4.78 is 26.8. The molecule has 0 saturated heterocycles. The molecule has 3 heteroatoms. The van der Waals surface area contributed by atoms with E-state index < -0.39 is 17.7 Å². The second-order valence-corrected chi connectivity index (χ2v) is 7.52. The van der Waals surface area contributed by atoms with E-state index in [-0.39, 0.29) is 0 Å². The van der Waals surface area contributed by atoms with Crippen molar-refractivity contribution >= 4 is 0 Å². The Bertz CT molecular complexity index is 514. The fourth-order valence-electron chi connectivity index (χ4n) is 5.64. The molecule has 114 valence electrons. The Hall–Kier alpha value is -0.960. The third kappa shape index (κ3) is 2.40. The Labute approximate surface area is 124 Å². The minimum atomic E-state index is -0.555. The largest absolute Gasteiger partial charge is 0.392 e. The van der Waals surface area contributed by atoms with Crippen LogP contribution in [0.2, 0.25) is 0 Å². The molecule has 0 radical (unpaired) electrons. The first-order valence-corrected chi connectivity index (χ1v) is 8.22. The van der Waals surface area contributed by atoms with E-state index in [1.54, 1.807) is 0 Å². The van der Waals surface area contributed by atoms with E-state index >= 15 is 0 Å². The SMILES string of the molecule is OC(Cc1ccc(F)cc1F)C1C2CC3CC(C2)CC1C3. The molecule has 1 nitrogen and oxygen atoms in total. The van der Waals surface area contributed by atoms with Gasteiger partial charge in [0.05, 0.1) is 6.10 Å². The van der Waals surface area contributed by atoms with Gasteiger partial charge in [-0.05, 0) is 73.3 Å². The zero-order valence-electron chi connectivity index (χ0n) is 12.1. The highest BCUT2D eigenvalue weighted by atomic mass is 19.1. The maximum Gasteiger partial charge on any atom is 0.129 e. The van der Waals surface area contributed by atoms with Crippen LogP contribution in [0.4, 0.5) is 8.78 Å². The van der Waals surface area contributed by atoms with Gasteiger partial charge >= 0.3 is 0 Å². The van der Waals surface area contributed by atoms with Crippen LogP contribution in [-0.4, -0.2) is 11.2 Å². The summed E-state index contributed by atoms with van der Waals surface area (Å²) in [4.78, 5) is 0. The molecule has 0 aromatic heterocycles. The van der Waals surface area contributed by atoms with E-state index in [0.29, 0.717) is 29.7 Å². The predicted octanol–water partition coefficient (Wildman–Crippen LogP) is 3.94. The van der Waals surface area contributed by atoms with Gasteiger partial charge in [-0.3, -0.25) is 0 Å². The average Bonchev–Trinajstić information content (AvgIpc) is 2.40. The third-order valence-electron chi connectivity index (χ3n) is 6.19. The summed E-state index contributed by atoms with van der Waals surface area (Å²) >= 11 is 0. The predicted molar refractivity (Wildman–Crippen MR) is 76.6 cm³/mol. The number of hydrogen-bond donors (Lipinski definition) is 1. The van der Waals surface area contributed by atoms with Crippen molar-refractivity contribution in [1.29, 1.82) is 0 Å². The molecule has 1 N–H and O–H groups in total. The Morgan fingerprint density at radius 2 is 1.62 bits per heavy atom. The Balaban J connectivity index is 1.51. The maximum atomic E-state index is 13.8. The summed E-state index contributed by atoms with van der Waals surface area (Å²) in [6.45, 7) is 0. The normalized spacial score (nSPS) is 38.7. The standard InChI is InChI=1S/C18H22F2O/c19-15-2-1-12(16(20)9-15)8-17(21)18-13-4-10-3-11(6-13)7-14(18)5-10/h1-2,9-11,13-14,17-18,21H,3-8H2. The van der Waals surface area contributed by atoms with Gasteiger partial charge in [0.15, 0.2) is 0 Å². The summed E-state index contributed by atoms with van der Waals surface area (Å²) in [6, 6.07) is 3.67. The van der Waals surface area contributed by atoms with Crippen LogP contribution in [0.25, 0.3) is 0 Å². The second kappa shape index (κ2) is 5.05. The van der Waals surface area contributed by atoms with E-state index in [1.807, 2.05) is 0 Å². The zero-order valence-corrected chi connectivity index (χ0v) is 12.1. The van der Waals surface area contributed by atoms with E-state index in [9.17, 15) is 13.9 Å². The van der Waals surface area contributed by atoms with Crippen molar-refractivity contribution in [3.05, 3.63) is 35.4 Å². The van der Waals surface area contributed by atoms with Crippen LogP contribution in [-0.2, 0) is 6.42 Å². The van der Waals surface area contributed by atoms with Gasteiger partial charge in [0.2, 0.25) is 0 Å². The van der Waals surface area contributed by atoms with Gasteiger partial charge in [-0.1, -0.05) is 6.07 Å². The van der Waals surface area contributed by atoms with Gasteiger partial charge in [0.1, 0.15) is 11.6 Å². The molecule has 1 aromatic carbocycles. The van der Waals surface area contributed by atoms with E-state index in [2.05, 4.69) is 0 Å². The van der Waals surface area contributed by atoms with Crippen molar-refractivity contribution in [2.75, 3.05) is 0 Å². The zero-order chi connectivity index (χ0) is 14.6. The molecule has 21 heavy (non-hydrogen) atoms. The quantitative estimate of drug-likeness (QED) is 0.894. The molecule has 4 fully saturated rings. The smallest absolute Gasteiger partial charge is 0.129 e. The molecule has 0 spiro atoms. The molecule has 5 rings (SSSR count). The Kier molecular flexibility index (Phi) is 3.29. The van der Waals surface area contributed by atoms with Crippen LogP contribution in [0.1, 0.15) is 37.7 Å². The molecule has 0 heterocycles. The summed E-state index contributed by atoms with van der Waals surface area (Å²) in [7, 11) is 0. The molecule has 4 saturated carbocycles. The molecule has 4 aliphatic rings. The van der Waals surface area contributed by atoms with E-state index in [4.69, 9.17) is 0 Å². The monoisotopic (exact) mass is 292 g/mol. The summed E-state index contributed by atoms with van der Waals surface area (Å²) in [5.41, 5.74) is 0.442. The molecule has 1 aromatic rings. The van der Waals surface area contributed by atoms with Crippen LogP contribution >= 0.6 is 0 Å². The molecular weight excluding hydrogens is 270 g/mol. The van der Waals surface area contributed by atoms with Gasteiger partial charge in [0, 0.05) is 12.5 Å². The number of aliphatic hydroxyl groups excluding tert-OH is 1. The van der Waals surface area contributed by atoms with Gasteiger partial charge in [-0.25, -0.2) is 8.78 Å². The van der Waals surface area contributed by atoms with Crippen LogP contribution in [0, 0.1) is 41.2 Å². The van der Waals surface area contributed by atoms with Gasteiger partial charge in [-0.15, -0.1) is 0 Å². The minimum absolute atomic E-state index is 0.319. The number of hydrogen-bond acceptors (Lipinski definition) is 1. The lowest BCUT2D eigenvalue weighted by molar-refractivity contribution is -0.0889. The van der Waals surface area contributed by atoms with Crippen LogP contribution in [0.5, 0.6) is 0 Å². The lowest BCUT2D eigenvalue weighted by Gasteiger charge is -2.55. The average molecular weight is 292 g/mol. The molecule has 1 atom stereocenters. The number of aliphatic hydroxyl groups is 1. The van der Waals surface area contributed by atoms with Crippen LogP contribution < -0.4 is 0 Å². The molecule has 0 amide bonds. The van der Waals surface area contributed by atoms with Crippen LogP contribution in [0.15, 0.2) is 18.2 Å². The van der Waals surface area contributed by atoms with Crippen molar-refractivity contribution < 1.29 is 13.9 Å². The van der Waals surface area contributed by atoms with Gasteiger partial charge in [0.25, 0.3) is 0 Å². The number of benzene rings is 1.